The number of carbonyl (C=O) groups is 1. The van der Waals surface area contributed by atoms with Gasteiger partial charge < -0.3 is 4.90 Å². The molecule has 1 saturated carbocycles. The summed E-state index contributed by atoms with van der Waals surface area (Å²) in [6.07, 6.45) is 4.19. The van der Waals surface area contributed by atoms with Gasteiger partial charge in [-0.3, -0.25) is 4.79 Å². The van der Waals surface area contributed by atoms with Gasteiger partial charge in [0.1, 0.15) is 5.78 Å². The molecule has 0 N–H and O–H groups in total. The van der Waals surface area contributed by atoms with Crippen LogP contribution >= 0.6 is 0 Å². The highest BCUT2D eigenvalue weighted by Gasteiger charge is 2.35. The Morgan fingerprint density at radius 1 is 1.37 bits per heavy atom. The Labute approximate surface area is 119 Å². The Morgan fingerprint density at radius 2 is 2.00 bits per heavy atom. The molecular weight excluding hydrogens is 234 g/mol. The summed E-state index contributed by atoms with van der Waals surface area (Å²) in [5.74, 6) is 2.19. The van der Waals surface area contributed by atoms with E-state index < -0.39 is 0 Å². The molecule has 3 atom stereocenters. The predicted octanol–water partition coefficient (Wildman–Crippen LogP) is 4.00. The Kier molecular flexibility index (Phi) is 6.04. The van der Waals surface area contributed by atoms with E-state index in [1.54, 1.807) is 0 Å². The van der Waals surface area contributed by atoms with Gasteiger partial charge in [-0.2, -0.15) is 0 Å². The van der Waals surface area contributed by atoms with Crippen molar-refractivity contribution in [2.45, 2.75) is 60.3 Å². The van der Waals surface area contributed by atoms with E-state index in [9.17, 15) is 4.79 Å². The molecule has 0 aliphatic heterocycles. The molecule has 0 saturated heterocycles. The van der Waals surface area contributed by atoms with Crippen molar-refractivity contribution in [1.29, 1.82) is 0 Å². The molecule has 1 aliphatic rings. The molecule has 0 spiro atoms. The topological polar surface area (TPSA) is 20.3 Å². The predicted molar refractivity (Wildman–Crippen MR) is 82.2 cm³/mol. The number of hydrogen-bond acceptors (Lipinski definition) is 2. The Bertz CT molecular complexity index is 292. The van der Waals surface area contributed by atoms with Crippen LogP contribution in [0.3, 0.4) is 0 Å². The number of ketones is 1. The van der Waals surface area contributed by atoms with Crippen LogP contribution in [0, 0.1) is 23.2 Å². The maximum Gasteiger partial charge on any atom is 0.137 e. The third kappa shape index (κ3) is 5.25. The van der Waals surface area contributed by atoms with E-state index in [-0.39, 0.29) is 5.92 Å². The molecule has 0 aromatic heterocycles. The van der Waals surface area contributed by atoms with E-state index in [4.69, 9.17) is 0 Å². The molecule has 2 nitrogen and oxygen atoms in total. The molecule has 1 aliphatic carbocycles. The van der Waals surface area contributed by atoms with Crippen LogP contribution in [0.5, 0.6) is 0 Å². The maximum absolute atomic E-state index is 12.1. The first-order valence-corrected chi connectivity index (χ1v) is 7.95. The van der Waals surface area contributed by atoms with Crippen LogP contribution in [0.25, 0.3) is 0 Å². The molecule has 1 rings (SSSR count). The molecule has 0 heterocycles. The first-order chi connectivity index (χ1) is 8.74. The Balaban J connectivity index is 2.53. The zero-order chi connectivity index (χ0) is 14.6. The summed E-state index contributed by atoms with van der Waals surface area (Å²) in [5.41, 5.74) is 0.341. The minimum absolute atomic E-state index is 0.270. The number of carbonyl (C=O) groups excluding carboxylic acids is 1. The van der Waals surface area contributed by atoms with Crippen molar-refractivity contribution in [2.75, 3.05) is 20.1 Å². The number of rotatable bonds is 5. The van der Waals surface area contributed by atoms with Crippen LogP contribution in [-0.2, 0) is 4.79 Å². The summed E-state index contributed by atoms with van der Waals surface area (Å²) < 4.78 is 0. The lowest BCUT2D eigenvalue weighted by atomic mass is 9.68. The Hall–Kier alpha value is -0.370. The number of nitrogens with zero attached hydrogens (tertiary/aromatic N) is 1. The van der Waals surface area contributed by atoms with Gasteiger partial charge in [0.2, 0.25) is 0 Å². The first kappa shape index (κ1) is 16.7. The normalized spacial score (nSPS) is 26.8. The van der Waals surface area contributed by atoms with Gasteiger partial charge in [-0.1, -0.05) is 41.0 Å². The fraction of sp³-hybridized carbons (Fsp3) is 0.941. The summed E-state index contributed by atoms with van der Waals surface area (Å²) >= 11 is 0. The fourth-order valence-corrected chi connectivity index (χ4v) is 3.19. The van der Waals surface area contributed by atoms with Gasteiger partial charge in [-0.15, -0.1) is 0 Å². The zero-order valence-corrected chi connectivity index (χ0v) is 13.8. The fourth-order valence-electron chi connectivity index (χ4n) is 3.19. The highest BCUT2D eigenvalue weighted by atomic mass is 16.1. The summed E-state index contributed by atoms with van der Waals surface area (Å²) in [7, 11) is 2.17. The van der Waals surface area contributed by atoms with Crippen molar-refractivity contribution in [3.63, 3.8) is 0 Å². The van der Waals surface area contributed by atoms with E-state index in [2.05, 4.69) is 46.6 Å². The first-order valence-electron chi connectivity index (χ1n) is 7.95. The van der Waals surface area contributed by atoms with Gasteiger partial charge in [-0.05, 0) is 37.1 Å². The van der Waals surface area contributed by atoms with Crippen LogP contribution in [0.15, 0.2) is 0 Å². The molecule has 0 aromatic rings. The van der Waals surface area contributed by atoms with Crippen molar-refractivity contribution in [3.05, 3.63) is 0 Å². The average molecular weight is 267 g/mol. The molecular formula is C17H33NO. The van der Waals surface area contributed by atoms with Gasteiger partial charge >= 0.3 is 0 Å². The summed E-state index contributed by atoms with van der Waals surface area (Å²) in [5, 5.41) is 0. The van der Waals surface area contributed by atoms with Crippen LogP contribution in [-0.4, -0.2) is 30.8 Å². The van der Waals surface area contributed by atoms with Crippen molar-refractivity contribution in [1.82, 2.24) is 4.90 Å². The van der Waals surface area contributed by atoms with Crippen LogP contribution in [0.4, 0.5) is 0 Å². The van der Waals surface area contributed by atoms with E-state index >= 15 is 0 Å². The van der Waals surface area contributed by atoms with Gasteiger partial charge in [0.15, 0.2) is 0 Å². The lowest BCUT2D eigenvalue weighted by Gasteiger charge is -2.38. The number of hydrogen-bond donors (Lipinski definition) is 0. The van der Waals surface area contributed by atoms with Gasteiger partial charge in [0, 0.05) is 25.4 Å². The molecule has 0 radical (unpaired) electrons. The van der Waals surface area contributed by atoms with Crippen LogP contribution in [0.1, 0.15) is 60.3 Å². The van der Waals surface area contributed by atoms with Gasteiger partial charge in [0.05, 0.1) is 0 Å². The molecule has 19 heavy (non-hydrogen) atoms. The third-order valence-electron chi connectivity index (χ3n) is 4.84. The van der Waals surface area contributed by atoms with Crippen molar-refractivity contribution in [2.24, 2.45) is 23.2 Å². The second-order valence-electron chi connectivity index (χ2n) is 7.74. The second kappa shape index (κ2) is 6.88. The molecule has 0 bridgehead atoms. The van der Waals surface area contributed by atoms with Crippen LogP contribution < -0.4 is 0 Å². The van der Waals surface area contributed by atoms with E-state index in [1.807, 2.05) is 0 Å². The third-order valence-corrected chi connectivity index (χ3v) is 4.84. The van der Waals surface area contributed by atoms with Crippen molar-refractivity contribution < 1.29 is 4.79 Å². The quantitative estimate of drug-likeness (QED) is 0.750. The summed E-state index contributed by atoms with van der Waals surface area (Å²) in [4.78, 5) is 14.5. The molecule has 2 heteroatoms. The minimum Gasteiger partial charge on any atom is -0.305 e. The van der Waals surface area contributed by atoms with E-state index in [0.29, 0.717) is 17.1 Å². The number of Topliss-reactive ketones (excluding diaryl/α,β-unsaturated/α-hetero) is 1. The molecule has 112 valence electrons. The Morgan fingerprint density at radius 3 is 2.53 bits per heavy atom. The highest BCUT2D eigenvalue weighted by Crippen LogP contribution is 2.39. The zero-order valence-electron chi connectivity index (χ0n) is 13.8. The molecule has 1 fully saturated rings. The smallest absolute Gasteiger partial charge is 0.137 e. The lowest BCUT2D eigenvalue weighted by Crippen LogP contribution is -2.39. The second-order valence-corrected chi connectivity index (χ2v) is 7.74. The molecule has 0 amide bonds. The largest absolute Gasteiger partial charge is 0.305 e. The highest BCUT2D eigenvalue weighted by molar-refractivity contribution is 5.82. The van der Waals surface area contributed by atoms with Gasteiger partial charge in [-0.25, -0.2) is 0 Å². The molecule has 3 unspecified atom stereocenters. The summed E-state index contributed by atoms with van der Waals surface area (Å²) in [6.45, 7) is 13.5. The minimum atomic E-state index is 0.270. The summed E-state index contributed by atoms with van der Waals surface area (Å²) in [6, 6.07) is 0. The monoisotopic (exact) mass is 267 g/mol. The maximum atomic E-state index is 12.1. The average Bonchev–Trinajstić information content (AvgIpc) is 2.30. The van der Waals surface area contributed by atoms with E-state index in [1.165, 1.54) is 6.42 Å². The standard InChI is InChI=1S/C17H33NO/c1-7-13(2)11-18(6)12-14-10-15(17(3,4)5)8-9-16(14)19/h13-15H,7-12H2,1-6H3. The van der Waals surface area contributed by atoms with Crippen molar-refractivity contribution in [3.8, 4) is 0 Å². The SMILES string of the molecule is CCC(C)CN(C)CC1CC(C(C)(C)C)CCC1=O. The van der Waals surface area contributed by atoms with Gasteiger partial charge in [0.25, 0.3) is 0 Å². The van der Waals surface area contributed by atoms with Crippen LogP contribution in [0.2, 0.25) is 0 Å². The van der Waals surface area contributed by atoms with E-state index in [0.717, 1.165) is 38.3 Å². The lowest BCUT2D eigenvalue weighted by molar-refractivity contribution is -0.127. The molecule has 0 aromatic carbocycles. The van der Waals surface area contributed by atoms with Crippen molar-refractivity contribution >= 4 is 5.78 Å².